The van der Waals surface area contributed by atoms with Gasteiger partial charge in [-0.3, -0.25) is 9.48 Å². The van der Waals surface area contributed by atoms with Crippen molar-refractivity contribution in [2.24, 2.45) is 0 Å². The summed E-state index contributed by atoms with van der Waals surface area (Å²) in [7, 11) is 0. The molecule has 0 spiro atoms. The van der Waals surface area contributed by atoms with Crippen LogP contribution in [0.3, 0.4) is 0 Å². The number of hydrogen-bond donors (Lipinski definition) is 1. The van der Waals surface area contributed by atoms with E-state index in [0.29, 0.717) is 6.54 Å². The lowest BCUT2D eigenvalue weighted by Gasteiger charge is -2.13. The van der Waals surface area contributed by atoms with Gasteiger partial charge in [-0.2, -0.15) is 0 Å². The van der Waals surface area contributed by atoms with E-state index in [1.54, 1.807) is 23.0 Å². The molecule has 0 saturated carbocycles. The number of carbonyl (C=O) groups is 1. The van der Waals surface area contributed by atoms with Gasteiger partial charge in [-0.05, 0) is 43.0 Å². The van der Waals surface area contributed by atoms with Crippen molar-refractivity contribution in [3.63, 3.8) is 0 Å². The molecule has 0 aliphatic heterocycles. The van der Waals surface area contributed by atoms with Crippen molar-refractivity contribution in [1.29, 1.82) is 0 Å². The Labute approximate surface area is 151 Å². The highest BCUT2D eigenvalue weighted by Crippen LogP contribution is 2.13. The van der Waals surface area contributed by atoms with E-state index in [0.717, 1.165) is 18.4 Å². The van der Waals surface area contributed by atoms with Crippen LogP contribution in [-0.2, 0) is 13.0 Å². The number of nitrogens with zero attached hydrogens (tertiary/aromatic N) is 3. The van der Waals surface area contributed by atoms with Gasteiger partial charge >= 0.3 is 0 Å². The molecule has 2 aromatic carbocycles. The molecule has 0 bridgehead atoms. The van der Waals surface area contributed by atoms with Crippen molar-refractivity contribution in [3.05, 3.63) is 83.4 Å². The SMILES string of the molecule is C[C@H](NC(=O)c1cn(CCCc2ccccc2)nn1)c1ccc(F)cc1. The normalized spacial score (nSPS) is 11.9. The van der Waals surface area contributed by atoms with Crippen molar-refractivity contribution in [2.45, 2.75) is 32.4 Å². The minimum atomic E-state index is -0.300. The standard InChI is InChI=1S/C20H21FN4O/c1-15(17-9-11-18(21)12-10-17)22-20(26)19-14-25(24-23-19)13-5-8-16-6-3-2-4-7-16/h2-4,6-7,9-12,14-15H,5,8,13H2,1H3,(H,22,26)/t15-/m0/s1. The van der Waals surface area contributed by atoms with Crippen LogP contribution in [0.1, 0.15) is 41.0 Å². The Balaban J connectivity index is 1.51. The number of aryl methyl sites for hydroxylation is 2. The molecule has 0 radical (unpaired) electrons. The van der Waals surface area contributed by atoms with Gasteiger partial charge in [-0.1, -0.05) is 47.7 Å². The number of rotatable bonds is 7. The van der Waals surface area contributed by atoms with Crippen molar-refractivity contribution in [3.8, 4) is 0 Å². The molecule has 134 valence electrons. The molecular weight excluding hydrogens is 331 g/mol. The lowest BCUT2D eigenvalue weighted by Crippen LogP contribution is -2.27. The van der Waals surface area contributed by atoms with Crippen LogP contribution in [0, 0.1) is 5.82 Å². The summed E-state index contributed by atoms with van der Waals surface area (Å²) in [5, 5.41) is 10.8. The van der Waals surface area contributed by atoms with E-state index in [1.807, 2.05) is 25.1 Å². The average molecular weight is 352 g/mol. The number of carbonyl (C=O) groups excluding carboxylic acids is 1. The van der Waals surface area contributed by atoms with Gasteiger partial charge in [0.15, 0.2) is 5.69 Å². The molecule has 3 aromatic rings. The molecule has 0 aliphatic rings. The van der Waals surface area contributed by atoms with Gasteiger partial charge in [0.05, 0.1) is 12.2 Å². The molecule has 5 nitrogen and oxygen atoms in total. The fraction of sp³-hybridized carbons (Fsp3) is 0.250. The van der Waals surface area contributed by atoms with E-state index in [-0.39, 0.29) is 23.5 Å². The topological polar surface area (TPSA) is 59.8 Å². The van der Waals surface area contributed by atoms with Crippen molar-refractivity contribution in [1.82, 2.24) is 20.3 Å². The largest absolute Gasteiger partial charge is 0.344 e. The third kappa shape index (κ3) is 4.75. The van der Waals surface area contributed by atoms with Crippen molar-refractivity contribution < 1.29 is 9.18 Å². The van der Waals surface area contributed by atoms with Crippen molar-refractivity contribution >= 4 is 5.91 Å². The minimum absolute atomic E-state index is 0.244. The third-order valence-corrected chi connectivity index (χ3v) is 4.18. The van der Waals surface area contributed by atoms with Gasteiger partial charge in [-0.25, -0.2) is 4.39 Å². The zero-order chi connectivity index (χ0) is 18.4. The fourth-order valence-electron chi connectivity index (χ4n) is 2.71. The summed E-state index contributed by atoms with van der Waals surface area (Å²) in [6.07, 6.45) is 3.52. The van der Waals surface area contributed by atoms with Crippen molar-refractivity contribution in [2.75, 3.05) is 0 Å². The second kappa shape index (κ2) is 8.38. The predicted molar refractivity (Wildman–Crippen MR) is 97.1 cm³/mol. The van der Waals surface area contributed by atoms with Crippen LogP contribution in [0.5, 0.6) is 0 Å². The highest BCUT2D eigenvalue weighted by atomic mass is 19.1. The first-order valence-corrected chi connectivity index (χ1v) is 8.62. The number of halogens is 1. The molecule has 26 heavy (non-hydrogen) atoms. The summed E-state index contributed by atoms with van der Waals surface area (Å²) in [5.41, 5.74) is 2.38. The Hall–Kier alpha value is -3.02. The van der Waals surface area contributed by atoms with Crippen LogP contribution >= 0.6 is 0 Å². The van der Waals surface area contributed by atoms with Crippen LogP contribution in [0.15, 0.2) is 60.8 Å². The fourth-order valence-corrected chi connectivity index (χ4v) is 2.71. The van der Waals surface area contributed by atoms with E-state index in [1.165, 1.54) is 17.7 Å². The zero-order valence-electron chi connectivity index (χ0n) is 14.6. The second-order valence-electron chi connectivity index (χ2n) is 6.20. The summed E-state index contributed by atoms with van der Waals surface area (Å²) >= 11 is 0. The second-order valence-corrected chi connectivity index (χ2v) is 6.20. The smallest absolute Gasteiger partial charge is 0.273 e. The van der Waals surface area contributed by atoms with Gasteiger partial charge in [0.1, 0.15) is 5.82 Å². The Morgan fingerprint density at radius 3 is 2.62 bits per heavy atom. The Morgan fingerprint density at radius 1 is 1.15 bits per heavy atom. The summed E-state index contributed by atoms with van der Waals surface area (Å²) in [4.78, 5) is 12.3. The Bertz CT molecular complexity index is 846. The van der Waals surface area contributed by atoms with E-state index in [4.69, 9.17) is 0 Å². The molecule has 6 heteroatoms. The van der Waals surface area contributed by atoms with Crippen LogP contribution in [0.4, 0.5) is 4.39 Å². The first kappa shape index (κ1) is 17.8. The first-order chi connectivity index (χ1) is 12.6. The third-order valence-electron chi connectivity index (χ3n) is 4.18. The Kier molecular flexibility index (Phi) is 5.73. The van der Waals surface area contributed by atoms with E-state index >= 15 is 0 Å². The summed E-state index contributed by atoms with van der Waals surface area (Å²) < 4.78 is 14.7. The van der Waals surface area contributed by atoms with Crippen LogP contribution in [0.2, 0.25) is 0 Å². The number of benzene rings is 2. The lowest BCUT2D eigenvalue weighted by molar-refractivity contribution is 0.0934. The van der Waals surface area contributed by atoms with Crippen LogP contribution in [0.25, 0.3) is 0 Å². The molecule has 0 saturated heterocycles. The number of nitrogens with one attached hydrogen (secondary N) is 1. The maximum absolute atomic E-state index is 13.0. The van der Waals surface area contributed by atoms with Gasteiger partial charge in [-0.15, -0.1) is 5.10 Å². The first-order valence-electron chi connectivity index (χ1n) is 8.62. The average Bonchev–Trinajstić information content (AvgIpc) is 3.12. The monoisotopic (exact) mass is 352 g/mol. The highest BCUT2D eigenvalue weighted by molar-refractivity contribution is 5.92. The van der Waals surface area contributed by atoms with Gasteiger partial charge < -0.3 is 5.32 Å². The van der Waals surface area contributed by atoms with E-state index in [2.05, 4.69) is 27.8 Å². The van der Waals surface area contributed by atoms with E-state index < -0.39 is 0 Å². The maximum atomic E-state index is 13.0. The molecule has 3 rings (SSSR count). The Morgan fingerprint density at radius 2 is 1.88 bits per heavy atom. The van der Waals surface area contributed by atoms with Gasteiger partial charge in [0.25, 0.3) is 5.91 Å². The molecule has 0 unspecified atom stereocenters. The quantitative estimate of drug-likeness (QED) is 0.707. The number of hydrogen-bond acceptors (Lipinski definition) is 3. The number of aromatic nitrogens is 3. The molecule has 1 heterocycles. The number of amides is 1. The minimum Gasteiger partial charge on any atom is -0.344 e. The van der Waals surface area contributed by atoms with Gasteiger partial charge in [0.2, 0.25) is 0 Å². The molecule has 0 fully saturated rings. The molecule has 1 aromatic heterocycles. The molecule has 0 aliphatic carbocycles. The molecule has 1 N–H and O–H groups in total. The summed E-state index contributed by atoms with van der Waals surface area (Å²) in [6, 6.07) is 16.0. The molecule has 1 amide bonds. The summed E-state index contributed by atoms with van der Waals surface area (Å²) in [6.45, 7) is 2.54. The van der Waals surface area contributed by atoms with Crippen LogP contribution < -0.4 is 5.32 Å². The molecule has 1 atom stereocenters. The van der Waals surface area contributed by atoms with Crippen LogP contribution in [-0.4, -0.2) is 20.9 Å². The predicted octanol–water partition coefficient (Wildman–Crippen LogP) is 3.54. The summed E-state index contributed by atoms with van der Waals surface area (Å²) in [5.74, 6) is -0.596. The molecular formula is C20H21FN4O. The zero-order valence-corrected chi connectivity index (χ0v) is 14.6. The maximum Gasteiger partial charge on any atom is 0.273 e. The highest BCUT2D eigenvalue weighted by Gasteiger charge is 2.14. The van der Waals surface area contributed by atoms with Gasteiger partial charge in [0, 0.05) is 6.54 Å². The van der Waals surface area contributed by atoms with E-state index in [9.17, 15) is 9.18 Å². The lowest BCUT2D eigenvalue weighted by atomic mass is 10.1.